The molecular weight excluding hydrogens is 222 g/mol. The monoisotopic (exact) mass is 233 g/mol. The second-order valence-corrected chi connectivity index (χ2v) is 3.34. The number of aromatic nitrogens is 2. The predicted molar refractivity (Wildman–Crippen MR) is 60.5 cm³/mol. The summed E-state index contributed by atoms with van der Waals surface area (Å²) in [6.07, 6.45) is 3.01. The first kappa shape index (κ1) is 11.1. The largest absolute Gasteiger partial charge is 0.481 e. The van der Waals surface area contributed by atoms with Gasteiger partial charge in [0.1, 0.15) is 17.8 Å². The second kappa shape index (κ2) is 5.11. The molecule has 2 heterocycles. The van der Waals surface area contributed by atoms with Crippen molar-refractivity contribution in [3.05, 3.63) is 30.8 Å². The average molecular weight is 233 g/mol. The third-order valence-corrected chi connectivity index (χ3v) is 2.09. The first-order chi connectivity index (χ1) is 8.25. The zero-order chi connectivity index (χ0) is 12.1. The van der Waals surface area contributed by atoms with Crippen molar-refractivity contribution in [1.29, 1.82) is 0 Å². The van der Waals surface area contributed by atoms with Gasteiger partial charge in [-0.1, -0.05) is 0 Å². The maximum absolute atomic E-state index is 10.4. The van der Waals surface area contributed by atoms with Gasteiger partial charge >= 0.3 is 5.97 Å². The quantitative estimate of drug-likeness (QED) is 0.815. The fourth-order valence-electron chi connectivity index (χ4n) is 1.31. The molecule has 2 aromatic heterocycles. The Bertz CT molecular complexity index is 496. The molecule has 88 valence electrons. The smallest absolute Gasteiger partial charge is 0.305 e. The fourth-order valence-corrected chi connectivity index (χ4v) is 1.31. The molecular formula is C11H11N3O3. The van der Waals surface area contributed by atoms with Crippen LogP contribution >= 0.6 is 0 Å². The van der Waals surface area contributed by atoms with Gasteiger partial charge in [0.15, 0.2) is 5.76 Å². The van der Waals surface area contributed by atoms with E-state index in [4.69, 9.17) is 9.52 Å². The summed E-state index contributed by atoms with van der Waals surface area (Å²) in [6, 6.07) is 5.28. The lowest BCUT2D eigenvalue weighted by molar-refractivity contribution is -0.136. The minimum absolute atomic E-state index is 0.0418. The molecule has 6 heteroatoms. The molecule has 0 fully saturated rings. The van der Waals surface area contributed by atoms with E-state index >= 15 is 0 Å². The number of nitrogens with zero attached hydrogens (tertiary/aromatic N) is 2. The highest BCUT2D eigenvalue weighted by Gasteiger charge is 2.04. The van der Waals surface area contributed by atoms with Crippen molar-refractivity contribution in [3.8, 4) is 11.5 Å². The second-order valence-electron chi connectivity index (χ2n) is 3.34. The molecule has 0 aliphatic heterocycles. The Morgan fingerprint density at radius 1 is 1.47 bits per heavy atom. The van der Waals surface area contributed by atoms with Gasteiger partial charge in [0.05, 0.1) is 12.7 Å². The highest BCUT2D eigenvalue weighted by atomic mass is 16.4. The van der Waals surface area contributed by atoms with Crippen LogP contribution in [-0.2, 0) is 4.79 Å². The molecule has 0 saturated carbocycles. The van der Waals surface area contributed by atoms with Crippen molar-refractivity contribution >= 4 is 11.8 Å². The maximum Gasteiger partial charge on any atom is 0.305 e. The van der Waals surface area contributed by atoms with E-state index in [1.165, 1.54) is 6.33 Å². The molecule has 0 saturated heterocycles. The van der Waals surface area contributed by atoms with Crippen LogP contribution in [-0.4, -0.2) is 27.6 Å². The molecule has 6 nitrogen and oxygen atoms in total. The van der Waals surface area contributed by atoms with Crippen LogP contribution in [0.2, 0.25) is 0 Å². The molecule has 0 spiro atoms. The molecule has 2 aromatic rings. The molecule has 17 heavy (non-hydrogen) atoms. The number of anilines is 1. The van der Waals surface area contributed by atoms with Crippen molar-refractivity contribution in [1.82, 2.24) is 9.97 Å². The van der Waals surface area contributed by atoms with Crippen LogP contribution in [0.1, 0.15) is 6.42 Å². The average Bonchev–Trinajstić information content (AvgIpc) is 2.82. The van der Waals surface area contributed by atoms with E-state index < -0.39 is 5.97 Å². The SMILES string of the molecule is O=C(O)CCNc1cc(-c2ccco2)ncn1. The summed E-state index contributed by atoms with van der Waals surface area (Å²) in [6.45, 7) is 0.323. The summed E-state index contributed by atoms with van der Waals surface area (Å²) in [5, 5.41) is 11.4. The molecule has 0 unspecified atom stereocenters. The Hall–Kier alpha value is -2.37. The number of carboxylic acids is 1. The zero-order valence-electron chi connectivity index (χ0n) is 8.96. The number of hydrogen-bond donors (Lipinski definition) is 2. The van der Waals surface area contributed by atoms with E-state index in [2.05, 4.69) is 15.3 Å². The van der Waals surface area contributed by atoms with Gasteiger partial charge < -0.3 is 14.8 Å². The van der Waals surface area contributed by atoms with Gasteiger partial charge in [-0.25, -0.2) is 9.97 Å². The fraction of sp³-hybridized carbons (Fsp3) is 0.182. The number of aliphatic carboxylic acids is 1. The first-order valence-corrected chi connectivity index (χ1v) is 5.07. The molecule has 0 amide bonds. The van der Waals surface area contributed by atoms with Crippen molar-refractivity contribution in [3.63, 3.8) is 0 Å². The molecule has 0 aliphatic rings. The van der Waals surface area contributed by atoms with Gasteiger partial charge in [-0.15, -0.1) is 0 Å². The van der Waals surface area contributed by atoms with Crippen LogP contribution in [0.15, 0.2) is 35.2 Å². The van der Waals surface area contributed by atoms with E-state index in [-0.39, 0.29) is 6.42 Å². The minimum Gasteiger partial charge on any atom is -0.481 e. The minimum atomic E-state index is -0.849. The van der Waals surface area contributed by atoms with Gasteiger partial charge in [0.2, 0.25) is 0 Å². The summed E-state index contributed by atoms with van der Waals surface area (Å²) in [7, 11) is 0. The van der Waals surface area contributed by atoms with Crippen molar-refractivity contribution in [2.45, 2.75) is 6.42 Å². The Labute approximate surface area is 97.3 Å². The summed E-state index contributed by atoms with van der Waals surface area (Å²) >= 11 is 0. The molecule has 0 aliphatic carbocycles. The van der Waals surface area contributed by atoms with Crippen molar-refractivity contribution in [2.24, 2.45) is 0 Å². The normalized spacial score (nSPS) is 10.1. The van der Waals surface area contributed by atoms with Crippen LogP contribution in [0.5, 0.6) is 0 Å². The zero-order valence-corrected chi connectivity index (χ0v) is 8.96. The Balaban J connectivity index is 2.04. The molecule has 0 aromatic carbocycles. The lowest BCUT2D eigenvalue weighted by atomic mass is 10.3. The van der Waals surface area contributed by atoms with Gasteiger partial charge in [-0.3, -0.25) is 4.79 Å². The lowest BCUT2D eigenvalue weighted by Crippen LogP contribution is -2.08. The maximum atomic E-state index is 10.4. The number of nitrogens with one attached hydrogen (secondary N) is 1. The van der Waals surface area contributed by atoms with Gasteiger partial charge in [-0.2, -0.15) is 0 Å². The Morgan fingerprint density at radius 3 is 3.06 bits per heavy atom. The van der Waals surface area contributed by atoms with E-state index in [1.54, 1.807) is 24.5 Å². The molecule has 0 radical (unpaired) electrons. The third kappa shape index (κ3) is 3.04. The Kier molecular flexibility index (Phi) is 3.34. The van der Waals surface area contributed by atoms with Crippen LogP contribution < -0.4 is 5.32 Å². The van der Waals surface area contributed by atoms with Gasteiger partial charge in [-0.05, 0) is 12.1 Å². The number of carboxylic acid groups (broad SMARTS) is 1. The van der Waals surface area contributed by atoms with Crippen molar-refractivity contribution < 1.29 is 14.3 Å². The van der Waals surface area contributed by atoms with E-state index in [0.717, 1.165) is 0 Å². The highest BCUT2D eigenvalue weighted by molar-refractivity contribution is 5.67. The topological polar surface area (TPSA) is 88.2 Å². The van der Waals surface area contributed by atoms with Gasteiger partial charge in [0, 0.05) is 12.6 Å². The summed E-state index contributed by atoms with van der Waals surface area (Å²) in [5.74, 6) is 0.374. The van der Waals surface area contributed by atoms with Crippen molar-refractivity contribution in [2.75, 3.05) is 11.9 Å². The van der Waals surface area contributed by atoms with Gasteiger partial charge in [0.25, 0.3) is 0 Å². The molecule has 2 rings (SSSR count). The molecule has 0 atom stereocenters. The highest BCUT2D eigenvalue weighted by Crippen LogP contribution is 2.18. The third-order valence-electron chi connectivity index (χ3n) is 2.09. The standard InChI is InChI=1S/C11H11N3O3/c15-11(16)3-4-12-10-6-8(13-7-14-10)9-2-1-5-17-9/h1-2,5-7H,3-4H2,(H,15,16)(H,12,13,14). The van der Waals surface area contributed by atoms with Crippen LogP contribution in [0, 0.1) is 0 Å². The summed E-state index contributed by atoms with van der Waals surface area (Å²) in [4.78, 5) is 18.4. The number of rotatable bonds is 5. The molecule has 2 N–H and O–H groups in total. The number of furan rings is 1. The Morgan fingerprint density at radius 2 is 2.35 bits per heavy atom. The summed E-state index contributed by atoms with van der Waals surface area (Å²) in [5.41, 5.74) is 0.655. The number of carbonyl (C=O) groups is 1. The van der Waals surface area contributed by atoms with E-state index in [0.29, 0.717) is 23.8 Å². The first-order valence-electron chi connectivity index (χ1n) is 5.07. The van der Waals surface area contributed by atoms with Crippen LogP contribution in [0.25, 0.3) is 11.5 Å². The lowest BCUT2D eigenvalue weighted by Gasteiger charge is -2.04. The van der Waals surface area contributed by atoms with Crippen LogP contribution in [0.4, 0.5) is 5.82 Å². The van der Waals surface area contributed by atoms with E-state index in [9.17, 15) is 4.79 Å². The summed E-state index contributed by atoms with van der Waals surface area (Å²) < 4.78 is 5.21. The number of hydrogen-bond acceptors (Lipinski definition) is 5. The van der Waals surface area contributed by atoms with Crippen LogP contribution in [0.3, 0.4) is 0 Å². The predicted octanol–water partition coefficient (Wildman–Crippen LogP) is 1.62. The molecule has 0 bridgehead atoms. The van der Waals surface area contributed by atoms with E-state index in [1.807, 2.05) is 0 Å².